The summed E-state index contributed by atoms with van der Waals surface area (Å²) >= 11 is 0. The van der Waals surface area contributed by atoms with Gasteiger partial charge in [-0.2, -0.15) is 0 Å². The molecule has 6 heteroatoms. The first-order valence-corrected chi connectivity index (χ1v) is 7.23. The highest BCUT2D eigenvalue weighted by atomic mass is 16.5. The molecular formula is C16H25N3O3. The molecule has 0 spiro atoms. The summed E-state index contributed by atoms with van der Waals surface area (Å²) in [6.07, 6.45) is 0. The zero-order valence-electron chi connectivity index (χ0n) is 13.7. The Morgan fingerprint density at radius 3 is 2.45 bits per heavy atom. The van der Waals surface area contributed by atoms with Crippen molar-refractivity contribution in [2.75, 3.05) is 13.1 Å². The van der Waals surface area contributed by atoms with Gasteiger partial charge in [-0.1, -0.05) is 12.1 Å². The lowest BCUT2D eigenvalue weighted by molar-refractivity contribution is -0.125. The summed E-state index contributed by atoms with van der Waals surface area (Å²) < 4.78 is 5.92. The Hall–Kier alpha value is -2.08. The van der Waals surface area contributed by atoms with Crippen LogP contribution in [0.25, 0.3) is 0 Å². The fraction of sp³-hybridized carbons (Fsp3) is 0.500. The minimum absolute atomic E-state index is 0.0860. The molecule has 0 atom stereocenters. The van der Waals surface area contributed by atoms with Crippen molar-refractivity contribution in [1.29, 1.82) is 0 Å². The van der Waals surface area contributed by atoms with Crippen LogP contribution in [0.15, 0.2) is 18.2 Å². The van der Waals surface area contributed by atoms with E-state index >= 15 is 0 Å². The van der Waals surface area contributed by atoms with Crippen LogP contribution >= 0.6 is 0 Å². The molecule has 0 aliphatic carbocycles. The Balaban J connectivity index is 2.65. The van der Waals surface area contributed by atoms with Gasteiger partial charge in [-0.05, 0) is 39.3 Å². The molecule has 1 aromatic carbocycles. The molecule has 0 unspecified atom stereocenters. The standard InChI is InChI=1S/C16H25N3O3/c1-11-5-6-12(13(7-11)22-16(2,3)4)9-18-15(21)10-19-14(20)8-17/h5-7H,8-10,17H2,1-4H3,(H,18,21)(H,19,20). The van der Waals surface area contributed by atoms with E-state index in [1.807, 2.05) is 45.9 Å². The highest BCUT2D eigenvalue weighted by Gasteiger charge is 2.15. The first-order valence-electron chi connectivity index (χ1n) is 7.23. The third-order valence-corrected chi connectivity index (χ3v) is 2.75. The Labute approximate surface area is 131 Å². The largest absolute Gasteiger partial charge is 0.488 e. The number of nitrogens with one attached hydrogen (secondary N) is 2. The van der Waals surface area contributed by atoms with Gasteiger partial charge in [-0.25, -0.2) is 0 Å². The SMILES string of the molecule is Cc1ccc(CNC(=O)CNC(=O)CN)c(OC(C)(C)C)c1. The van der Waals surface area contributed by atoms with Crippen molar-refractivity contribution >= 4 is 11.8 Å². The van der Waals surface area contributed by atoms with Crippen molar-refractivity contribution in [2.45, 2.75) is 39.8 Å². The number of benzene rings is 1. The number of nitrogens with two attached hydrogens (primary N) is 1. The average Bonchev–Trinajstić information content (AvgIpc) is 2.42. The van der Waals surface area contributed by atoms with Crippen LogP contribution in [-0.2, 0) is 16.1 Å². The molecule has 1 aromatic rings. The second kappa shape index (κ2) is 7.79. The summed E-state index contributed by atoms with van der Waals surface area (Å²) in [4.78, 5) is 22.7. The summed E-state index contributed by atoms with van der Waals surface area (Å²) in [6, 6.07) is 5.84. The normalized spacial score (nSPS) is 11.0. The summed E-state index contributed by atoms with van der Waals surface area (Å²) in [5, 5.41) is 5.17. The van der Waals surface area contributed by atoms with Crippen LogP contribution < -0.4 is 21.1 Å². The fourth-order valence-electron chi connectivity index (χ4n) is 1.74. The van der Waals surface area contributed by atoms with Crippen molar-refractivity contribution in [2.24, 2.45) is 5.73 Å². The lowest BCUT2D eigenvalue weighted by atomic mass is 10.1. The lowest BCUT2D eigenvalue weighted by Gasteiger charge is -2.23. The topological polar surface area (TPSA) is 93.5 Å². The first-order chi connectivity index (χ1) is 10.2. The number of hydrogen-bond acceptors (Lipinski definition) is 4. The average molecular weight is 307 g/mol. The quantitative estimate of drug-likeness (QED) is 0.727. The molecule has 0 radical (unpaired) electrons. The van der Waals surface area contributed by atoms with Crippen molar-refractivity contribution < 1.29 is 14.3 Å². The maximum atomic E-state index is 11.7. The van der Waals surface area contributed by atoms with E-state index in [1.165, 1.54) is 0 Å². The molecule has 22 heavy (non-hydrogen) atoms. The van der Waals surface area contributed by atoms with E-state index in [0.717, 1.165) is 16.9 Å². The number of amides is 2. The van der Waals surface area contributed by atoms with E-state index in [1.54, 1.807) is 0 Å². The van der Waals surface area contributed by atoms with Crippen LogP contribution in [0.1, 0.15) is 31.9 Å². The molecule has 4 N–H and O–H groups in total. The van der Waals surface area contributed by atoms with Gasteiger partial charge in [0.25, 0.3) is 0 Å². The molecule has 0 saturated heterocycles. The molecule has 6 nitrogen and oxygen atoms in total. The Bertz CT molecular complexity index is 536. The minimum atomic E-state index is -0.359. The summed E-state index contributed by atoms with van der Waals surface area (Å²) in [7, 11) is 0. The van der Waals surface area contributed by atoms with Crippen LogP contribution in [-0.4, -0.2) is 30.5 Å². The third-order valence-electron chi connectivity index (χ3n) is 2.75. The van der Waals surface area contributed by atoms with E-state index in [0.29, 0.717) is 6.54 Å². The fourth-order valence-corrected chi connectivity index (χ4v) is 1.74. The van der Waals surface area contributed by atoms with Crippen molar-refractivity contribution in [3.63, 3.8) is 0 Å². The van der Waals surface area contributed by atoms with Crippen molar-refractivity contribution in [3.8, 4) is 5.75 Å². The van der Waals surface area contributed by atoms with E-state index in [2.05, 4.69) is 10.6 Å². The number of carbonyl (C=O) groups is 2. The van der Waals surface area contributed by atoms with Crippen LogP contribution in [0.3, 0.4) is 0 Å². The summed E-state index contributed by atoms with van der Waals surface area (Å²) in [5.41, 5.74) is 6.81. The van der Waals surface area contributed by atoms with Gasteiger partial charge in [0.05, 0.1) is 13.1 Å². The Morgan fingerprint density at radius 2 is 1.86 bits per heavy atom. The zero-order valence-corrected chi connectivity index (χ0v) is 13.7. The predicted octanol–water partition coefficient (Wildman–Crippen LogP) is 0.863. The van der Waals surface area contributed by atoms with Crippen molar-refractivity contribution in [3.05, 3.63) is 29.3 Å². The van der Waals surface area contributed by atoms with Gasteiger partial charge >= 0.3 is 0 Å². The molecule has 0 bridgehead atoms. The monoisotopic (exact) mass is 307 g/mol. The van der Waals surface area contributed by atoms with Gasteiger partial charge in [0.2, 0.25) is 11.8 Å². The van der Waals surface area contributed by atoms with Gasteiger partial charge in [-0.15, -0.1) is 0 Å². The second-order valence-corrected chi connectivity index (χ2v) is 6.08. The van der Waals surface area contributed by atoms with Gasteiger partial charge in [0.1, 0.15) is 11.4 Å². The smallest absolute Gasteiger partial charge is 0.239 e. The highest BCUT2D eigenvalue weighted by molar-refractivity contribution is 5.85. The van der Waals surface area contributed by atoms with Gasteiger partial charge in [-0.3, -0.25) is 9.59 Å². The maximum Gasteiger partial charge on any atom is 0.239 e. The highest BCUT2D eigenvalue weighted by Crippen LogP contribution is 2.24. The van der Waals surface area contributed by atoms with Crippen LogP contribution in [0, 0.1) is 6.92 Å². The van der Waals surface area contributed by atoms with Gasteiger partial charge in [0, 0.05) is 12.1 Å². The minimum Gasteiger partial charge on any atom is -0.488 e. The number of aryl methyl sites for hydroxylation is 1. The molecule has 0 fully saturated rings. The molecule has 0 heterocycles. The zero-order chi connectivity index (χ0) is 16.8. The molecular weight excluding hydrogens is 282 g/mol. The summed E-state index contributed by atoms with van der Waals surface area (Å²) in [5.74, 6) is 0.116. The van der Waals surface area contributed by atoms with Crippen molar-refractivity contribution in [1.82, 2.24) is 10.6 Å². The second-order valence-electron chi connectivity index (χ2n) is 6.08. The summed E-state index contributed by atoms with van der Waals surface area (Å²) in [6.45, 7) is 8.02. The molecule has 1 rings (SSSR count). The Kier molecular flexibility index (Phi) is 6.37. The molecule has 0 aliphatic rings. The number of carbonyl (C=O) groups excluding carboxylic acids is 2. The molecule has 2 amide bonds. The molecule has 122 valence electrons. The van der Waals surface area contributed by atoms with Crippen LogP contribution in [0.2, 0.25) is 0 Å². The lowest BCUT2D eigenvalue weighted by Crippen LogP contribution is -2.39. The molecule has 0 aromatic heterocycles. The van der Waals surface area contributed by atoms with E-state index in [4.69, 9.17) is 10.5 Å². The third kappa shape index (κ3) is 6.58. The predicted molar refractivity (Wildman–Crippen MR) is 85.5 cm³/mol. The van der Waals surface area contributed by atoms with Gasteiger partial charge in [0.15, 0.2) is 0 Å². The number of ether oxygens (including phenoxy) is 1. The number of hydrogen-bond donors (Lipinski definition) is 3. The molecule has 0 saturated carbocycles. The van der Waals surface area contributed by atoms with E-state index in [9.17, 15) is 9.59 Å². The first kappa shape index (κ1) is 18.0. The number of rotatable bonds is 6. The maximum absolute atomic E-state index is 11.7. The van der Waals surface area contributed by atoms with Crippen LogP contribution in [0.5, 0.6) is 5.75 Å². The van der Waals surface area contributed by atoms with E-state index in [-0.39, 0.29) is 30.5 Å². The van der Waals surface area contributed by atoms with Crippen LogP contribution in [0.4, 0.5) is 0 Å². The Morgan fingerprint density at radius 1 is 1.18 bits per heavy atom. The van der Waals surface area contributed by atoms with Gasteiger partial charge < -0.3 is 21.1 Å². The van der Waals surface area contributed by atoms with E-state index < -0.39 is 0 Å². The molecule has 0 aliphatic heterocycles.